The molecule has 0 heterocycles. The Bertz CT molecular complexity index is 877. The molecule has 2 aromatic carbocycles. The summed E-state index contributed by atoms with van der Waals surface area (Å²) in [6.07, 6.45) is 0. The van der Waals surface area contributed by atoms with Crippen molar-refractivity contribution in [3.05, 3.63) is 54.1 Å². The minimum atomic E-state index is -3.95. The van der Waals surface area contributed by atoms with E-state index in [1.807, 2.05) is 27.7 Å². The molecule has 2 aromatic rings. The molecule has 146 valence electrons. The first kappa shape index (κ1) is 20.8. The summed E-state index contributed by atoms with van der Waals surface area (Å²) < 4.78 is 33.3. The molecule has 0 saturated carbocycles. The minimum Gasteiger partial charge on any atom is -0.492 e. The van der Waals surface area contributed by atoms with E-state index in [4.69, 9.17) is 4.74 Å². The van der Waals surface area contributed by atoms with Crippen molar-refractivity contribution in [1.29, 1.82) is 0 Å². The van der Waals surface area contributed by atoms with Crippen molar-refractivity contribution in [3.63, 3.8) is 0 Å². The van der Waals surface area contributed by atoms with Gasteiger partial charge in [-0.25, -0.2) is 8.42 Å². The SMILES string of the molecule is CCOc1ccccc1N(CC(=O)NC(C)C)S(=O)(=O)c1ccc(C)cc1. The molecule has 0 aromatic heterocycles. The van der Waals surface area contributed by atoms with Gasteiger partial charge in [0.25, 0.3) is 10.0 Å². The van der Waals surface area contributed by atoms with Gasteiger partial charge in [-0.05, 0) is 52.0 Å². The van der Waals surface area contributed by atoms with Crippen LogP contribution in [0.25, 0.3) is 0 Å². The third kappa shape index (κ3) is 5.23. The van der Waals surface area contributed by atoms with Crippen LogP contribution in [0.1, 0.15) is 26.3 Å². The summed E-state index contributed by atoms with van der Waals surface area (Å²) in [5, 5.41) is 2.74. The number of anilines is 1. The molecule has 0 aliphatic heterocycles. The van der Waals surface area contributed by atoms with Crippen LogP contribution >= 0.6 is 0 Å². The number of carbonyl (C=O) groups excluding carboxylic acids is 1. The van der Waals surface area contributed by atoms with Crippen LogP contribution in [0.3, 0.4) is 0 Å². The van der Waals surface area contributed by atoms with E-state index in [1.54, 1.807) is 48.5 Å². The molecule has 0 bridgehead atoms. The van der Waals surface area contributed by atoms with E-state index < -0.39 is 10.0 Å². The van der Waals surface area contributed by atoms with Crippen LogP contribution in [0, 0.1) is 6.92 Å². The van der Waals surface area contributed by atoms with Gasteiger partial charge in [-0.15, -0.1) is 0 Å². The molecule has 0 radical (unpaired) electrons. The van der Waals surface area contributed by atoms with Crippen molar-refractivity contribution in [1.82, 2.24) is 5.32 Å². The van der Waals surface area contributed by atoms with Crippen molar-refractivity contribution in [2.45, 2.75) is 38.6 Å². The fraction of sp³-hybridized carbons (Fsp3) is 0.350. The van der Waals surface area contributed by atoms with Gasteiger partial charge >= 0.3 is 0 Å². The lowest BCUT2D eigenvalue weighted by atomic mass is 10.2. The molecule has 0 aliphatic rings. The summed E-state index contributed by atoms with van der Waals surface area (Å²) >= 11 is 0. The highest BCUT2D eigenvalue weighted by atomic mass is 32.2. The van der Waals surface area contributed by atoms with Crippen molar-refractivity contribution < 1.29 is 17.9 Å². The Morgan fingerprint density at radius 2 is 1.74 bits per heavy atom. The Morgan fingerprint density at radius 1 is 1.11 bits per heavy atom. The second kappa shape index (κ2) is 8.90. The number of ether oxygens (including phenoxy) is 1. The quantitative estimate of drug-likeness (QED) is 0.751. The van der Waals surface area contributed by atoms with Gasteiger partial charge < -0.3 is 10.1 Å². The van der Waals surface area contributed by atoms with E-state index in [-0.39, 0.29) is 23.4 Å². The predicted molar refractivity (Wildman–Crippen MR) is 107 cm³/mol. The second-order valence-corrected chi connectivity index (χ2v) is 8.31. The zero-order valence-corrected chi connectivity index (χ0v) is 16.9. The molecule has 0 saturated heterocycles. The number of hydrogen-bond donors (Lipinski definition) is 1. The minimum absolute atomic E-state index is 0.0939. The van der Waals surface area contributed by atoms with Gasteiger partial charge in [0.15, 0.2) is 0 Å². The molecule has 1 N–H and O–H groups in total. The number of para-hydroxylation sites is 2. The summed E-state index contributed by atoms with van der Waals surface area (Å²) in [7, 11) is -3.95. The van der Waals surface area contributed by atoms with Crippen LogP contribution in [0.4, 0.5) is 5.69 Å². The first-order valence-corrected chi connectivity index (χ1v) is 10.3. The third-order valence-electron chi connectivity index (χ3n) is 3.78. The Balaban J connectivity index is 2.53. The van der Waals surface area contributed by atoms with Gasteiger partial charge in [0.2, 0.25) is 5.91 Å². The van der Waals surface area contributed by atoms with E-state index in [1.165, 1.54) is 0 Å². The number of sulfonamides is 1. The smallest absolute Gasteiger partial charge is 0.264 e. The van der Waals surface area contributed by atoms with Gasteiger partial charge in [-0.2, -0.15) is 0 Å². The van der Waals surface area contributed by atoms with E-state index in [9.17, 15) is 13.2 Å². The monoisotopic (exact) mass is 390 g/mol. The molecule has 2 rings (SSSR count). The van der Waals surface area contributed by atoms with Crippen LogP contribution in [0.2, 0.25) is 0 Å². The lowest BCUT2D eigenvalue weighted by Crippen LogP contribution is -2.43. The van der Waals surface area contributed by atoms with Crippen molar-refractivity contribution in [3.8, 4) is 5.75 Å². The van der Waals surface area contributed by atoms with Crippen LogP contribution < -0.4 is 14.4 Å². The van der Waals surface area contributed by atoms with Gasteiger partial charge in [-0.3, -0.25) is 9.10 Å². The lowest BCUT2D eigenvalue weighted by molar-refractivity contribution is -0.120. The van der Waals surface area contributed by atoms with Gasteiger partial charge in [-0.1, -0.05) is 29.8 Å². The molecule has 0 aliphatic carbocycles. The van der Waals surface area contributed by atoms with Crippen LogP contribution in [0.5, 0.6) is 5.75 Å². The molecule has 0 unspecified atom stereocenters. The third-order valence-corrected chi connectivity index (χ3v) is 5.55. The highest BCUT2D eigenvalue weighted by Crippen LogP contribution is 2.32. The van der Waals surface area contributed by atoms with Crippen molar-refractivity contribution in [2.24, 2.45) is 0 Å². The number of aryl methyl sites for hydroxylation is 1. The number of nitrogens with one attached hydrogen (secondary N) is 1. The number of hydrogen-bond acceptors (Lipinski definition) is 4. The predicted octanol–water partition coefficient (Wildman–Crippen LogP) is 3.11. The molecule has 27 heavy (non-hydrogen) atoms. The van der Waals surface area contributed by atoms with E-state index in [0.717, 1.165) is 9.87 Å². The van der Waals surface area contributed by atoms with Crippen LogP contribution in [-0.4, -0.2) is 33.5 Å². The fourth-order valence-corrected chi connectivity index (χ4v) is 4.01. The van der Waals surface area contributed by atoms with E-state index in [2.05, 4.69) is 5.32 Å². The first-order valence-electron chi connectivity index (χ1n) is 8.86. The largest absolute Gasteiger partial charge is 0.492 e. The Labute approximate surface area is 161 Å². The summed E-state index contributed by atoms with van der Waals surface area (Å²) in [5.74, 6) is 0.0278. The number of carbonyl (C=O) groups is 1. The Morgan fingerprint density at radius 3 is 2.33 bits per heavy atom. The first-order chi connectivity index (χ1) is 12.8. The maximum absolute atomic E-state index is 13.3. The Kier molecular flexibility index (Phi) is 6.85. The van der Waals surface area contributed by atoms with Crippen molar-refractivity contribution >= 4 is 21.6 Å². The summed E-state index contributed by atoms with van der Waals surface area (Å²) in [6, 6.07) is 13.3. The standard InChI is InChI=1S/C20H26N2O4S/c1-5-26-19-9-7-6-8-18(19)22(14-20(23)21-15(2)3)27(24,25)17-12-10-16(4)11-13-17/h6-13,15H,5,14H2,1-4H3,(H,21,23). The molecular formula is C20H26N2O4S. The molecule has 1 amide bonds. The summed E-state index contributed by atoms with van der Waals surface area (Å²) in [4.78, 5) is 12.5. The van der Waals surface area contributed by atoms with E-state index in [0.29, 0.717) is 18.0 Å². The zero-order chi connectivity index (χ0) is 20.0. The Hall–Kier alpha value is -2.54. The second-order valence-electron chi connectivity index (χ2n) is 6.45. The van der Waals surface area contributed by atoms with Crippen LogP contribution in [0.15, 0.2) is 53.4 Å². The van der Waals surface area contributed by atoms with Gasteiger partial charge in [0.05, 0.1) is 17.2 Å². The summed E-state index contributed by atoms with van der Waals surface area (Å²) in [5.41, 5.74) is 1.28. The number of nitrogens with zero attached hydrogens (tertiary/aromatic N) is 1. The maximum Gasteiger partial charge on any atom is 0.264 e. The average molecular weight is 391 g/mol. The maximum atomic E-state index is 13.3. The van der Waals surface area contributed by atoms with Gasteiger partial charge in [0, 0.05) is 6.04 Å². The number of amides is 1. The van der Waals surface area contributed by atoms with Gasteiger partial charge in [0.1, 0.15) is 12.3 Å². The highest BCUT2D eigenvalue weighted by molar-refractivity contribution is 7.92. The normalized spacial score (nSPS) is 11.3. The highest BCUT2D eigenvalue weighted by Gasteiger charge is 2.29. The van der Waals surface area contributed by atoms with Crippen LogP contribution in [-0.2, 0) is 14.8 Å². The molecule has 0 fully saturated rings. The van der Waals surface area contributed by atoms with E-state index >= 15 is 0 Å². The van der Waals surface area contributed by atoms with Crippen molar-refractivity contribution in [2.75, 3.05) is 17.5 Å². The topological polar surface area (TPSA) is 75.7 Å². The number of benzene rings is 2. The molecule has 6 nitrogen and oxygen atoms in total. The number of rotatable bonds is 8. The lowest BCUT2D eigenvalue weighted by Gasteiger charge is -2.26. The summed E-state index contributed by atoms with van der Waals surface area (Å²) in [6.45, 7) is 7.40. The molecule has 0 spiro atoms. The molecule has 7 heteroatoms. The molecular weight excluding hydrogens is 364 g/mol. The average Bonchev–Trinajstić information content (AvgIpc) is 2.60. The fourth-order valence-electron chi connectivity index (χ4n) is 2.58. The molecule has 0 atom stereocenters. The zero-order valence-electron chi connectivity index (χ0n) is 16.1.